The number of amides is 1. The normalized spacial score (nSPS) is 18.0. The van der Waals surface area contributed by atoms with Crippen molar-refractivity contribution in [2.24, 2.45) is 0 Å². The Kier molecular flexibility index (Phi) is 65.0. The highest BCUT2D eigenvalue weighted by Crippen LogP contribution is 2.24. The molecule has 1 fully saturated rings. The molecule has 0 radical (unpaired) electrons. The molecular weight excluding hydrogens is 1080 g/mol. The minimum Gasteiger partial charge on any atom is -0.394 e. The first-order valence-electron chi connectivity index (χ1n) is 39.1. The summed E-state index contributed by atoms with van der Waals surface area (Å²) < 4.78 is 11.3. The van der Waals surface area contributed by atoms with Crippen molar-refractivity contribution in [1.29, 1.82) is 0 Å². The summed E-state index contributed by atoms with van der Waals surface area (Å²) in [6.07, 6.45) is 83.3. The van der Waals surface area contributed by atoms with Crippen molar-refractivity contribution in [2.75, 3.05) is 13.2 Å². The largest absolute Gasteiger partial charge is 0.394 e. The molecule has 0 spiro atoms. The summed E-state index contributed by atoms with van der Waals surface area (Å²) in [7, 11) is 0. The first-order valence-corrected chi connectivity index (χ1v) is 39.1. The number of ether oxygens (including phenoxy) is 2. The Bertz CT molecular complexity index is 1430. The maximum absolute atomic E-state index is 13.2. The summed E-state index contributed by atoms with van der Waals surface area (Å²) in [6.45, 7) is 3.84. The Balaban J connectivity index is 2.08. The lowest BCUT2D eigenvalue weighted by atomic mass is 9.99. The third-order valence-corrected chi connectivity index (χ3v) is 19.0. The van der Waals surface area contributed by atoms with Crippen LogP contribution in [0.15, 0.2) is 24.3 Å². The maximum atomic E-state index is 13.2. The molecule has 0 aliphatic carbocycles. The van der Waals surface area contributed by atoms with Gasteiger partial charge in [-0.3, -0.25) is 4.79 Å². The second kappa shape index (κ2) is 67.6. The SMILES string of the molecule is CCCCCCCCCCCCCCCCCCCCCCCCCC/C=C/CC/C=C/C(O)C(COC1OC(CO)C(O)C(O)C1O)NC(=O)CCCCCCCCCCCCCCCCCCCCCCCCCCCCCCCCCCCC. The lowest BCUT2D eigenvalue weighted by Gasteiger charge is -2.40. The second-order valence-electron chi connectivity index (χ2n) is 27.5. The van der Waals surface area contributed by atoms with E-state index in [0.717, 1.165) is 38.5 Å². The van der Waals surface area contributed by atoms with Crippen molar-refractivity contribution >= 4 is 5.91 Å². The number of hydrogen-bond donors (Lipinski definition) is 6. The maximum Gasteiger partial charge on any atom is 0.220 e. The van der Waals surface area contributed by atoms with Crippen molar-refractivity contribution in [3.8, 4) is 0 Å². The van der Waals surface area contributed by atoms with Crippen molar-refractivity contribution in [3.63, 3.8) is 0 Å². The number of carbonyl (C=O) groups excluding carboxylic acids is 1. The summed E-state index contributed by atoms with van der Waals surface area (Å²) in [6, 6.07) is -0.821. The molecule has 1 rings (SSSR count). The van der Waals surface area contributed by atoms with Crippen LogP contribution in [0.25, 0.3) is 0 Å². The molecule has 7 atom stereocenters. The molecule has 0 aromatic rings. The summed E-state index contributed by atoms with van der Waals surface area (Å²) in [5.41, 5.74) is 0. The van der Waals surface area contributed by atoms with Gasteiger partial charge in [0.25, 0.3) is 0 Å². The highest BCUT2D eigenvalue weighted by atomic mass is 16.7. The minimum absolute atomic E-state index is 0.176. The minimum atomic E-state index is -1.57. The van der Waals surface area contributed by atoms with E-state index >= 15 is 0 Å². The Morgan fingerprint density at radius 2 is 0.655 bits per heavy atom. The molecule has 0 saturated carbocycles. The van der Waals surface area contributed by atoms with Crippen molar-refractivity contribution in [1.82, 2.24) is 5.32 Å². The second-order valence-corrected chi connectivity index (χ2v) is 27.5. The molecule has 0 aromatic carbocycles. The van der Waals surface area contributed by atoms with Gasteiger partial charge in [-0.15, -0.1) is 0 Å². The van der Waals surface area contributed by atoms with Crippen molar-refractivity contribution < 1.29 is 39.8 Å². The number of unbranched alkanes of at least 4 members (excludes halogenated alkanes) is 58. The molecule has 6 N–H and O–H groups in total. The van der Waals surface area contributed by atoms with E-state index < -0.39 is 49.5 Å². The monoisotopic (exact) mass is 1230 g/mol. The van der Waals surface area contributed by atoms with E-state index in [-0.39, 0.29) is 12.5 Å². The van der Waals surface area contributed by atoms with E-state index in [4.69, 9.17) is 9.47 Å². The smallest absolute Gasteiger partial charge is 0.220 e. The number of hydrogen-bond acceptors (Lipinski definition) is 8. The topological polar surface area (TPSA) is 149 Å². The van der Waals surface area contributed by atoms with Gasteiger partial charge in [-0.1, -0.05) is 398 Å². The molecule has 87 heavy (non-hydrogen) atoms. The zero-order valence-electron chi connectivity index (χ0n) is 58.1. The predicted molar refractivity (Wildman–Crippen MR) is 374 cm³/mol. The van der Waals surface area contributed by atoms with Crippen molar-refractivity contribution in [3.05, 3.63) is 24.3 Å². The van der Waals surface area contributed by atoms with E-state index in [1.165, 1.54) is 353 Å². The highest BCUT2D eigenvalue weighted by molar-refractivity contribution is 5.76. The number of allylic oxidation sites excluding steroid dienone is 3. The molecule has 1 saturated heterocycles. The third-order valence-electron chi connectivity index (χ3n) is 19.0. The average molecular weight is 1230 g/mol. The van der Waals surface area contributed by atoms with Crippen LogP contribution in [-0.4, -0.2) is 87.5 Å². The highest BCUT2D eigenvalue weighted by Gasteiger charge is 2.44. The van der Waals surface area contributed by atoms with Gasteiger partial charge >= 0.3 is 0 Å². The van der Waals surface area contributed by atoms with Crippen LogP contribution in [0, 0.1) is 0 Å². The van der Waals surface area contributed by atoms with Crippen LogP contribution in [0.5, 0.6) is 0 Å². The van der Waals surface area contributed by atoms with E-state index in [1.54, 1.807) is 6.08 Å². The standard InChI is InChI=1S/C78H151NO8/c1-3-5-7-9-11-13-15-17-19-21-23-25-27-29-31-33-35-36-37-38-40-42-44-46-48-50-52-54-56-58-60-62-64-66-68-74(82)79-71(70-86-78-77(85)76(84)75(83)73(69-80)87-78)72(81)67-65-63-61-59-57-55-53-51-49-47-45-43-41-39-34-32-30-28-26-24-22-20-18-16-14-12-10-8-6-4-2/h57,59,65,67,71-73,75-78,80-81,83-85H,3-56,58,60-64,66,68-70H2,1-2H3,(H,79,82)/b59-57+,67-65+. The molecule has 1 aliphatic rings. The van der Waals surface area contributed by atoms with Gasteiger partial charge in [0.2, 0.25) is 5.91 Å². The van der Waals surface area contributed by atoms with Crippen molar-refractivity contribution in [2.45, 2.75) is 455 Å². The van der Waals surface area contributed by atoms with E-state index in [9.17, 15) is 30.3 Å². The van der Waals surface area contributed by atoms with Gasteiger partial charge < -0.3 is 40.3 Å². The van der Waals surface area contributed by atoms with Crippen LogP contribution in [0.2, 0.25) is 0 Å². The average Bonchev–Trinajstić information content (AvgIpc) is 3.40. The molecule has 1 aliphatic heterocycles. The Hall–Kier alpha value is -1.33. The van der Waals surface area contributed by atoms with Crippen LogP contribution in [0.1, 0.15) is 412 Å². The molecule has 0 bridgehead atoms. The molecule has 0 aromatic heterocycles. The van der Waals surface area contributed by atoms with E-state index in [0.29, 0.717) is 6.42 Å². The first-order chi connectivity index (χ1) is 42.8. The van der Waals surface area contributed by atoms with E-state index in [2.05, 4.69) is 31.3 Å². The van der Waals surface area contributed by atoms with Gasteiger partial charge in [0, 0.05) is 6.42 Å². The molecule has 516 valence electrons. The van der Waals surface area contributed by atoms with Gasteiger partial charge in [0.05, 0.1) is 25.4 Å². The fourth-order valence-electron chi connectivity index (χ4n) is 12.9. The zero-order valence-corrected chi connectivity index (χ0v) is 58.1. The van der Waals surface area contributed by atoms with Gasteiger partial charge in [-0.25, -0.2) is 0 Å². The Morgan fingerprint density at radius 3 is 0.966 bits per heavy atom. The summed E-state index contributed by atoms with van der Waals surface area (Å²) in [5, 5.41) is 54.8. The van der Waals surface area contributed by atoms with Crippen LogP contribution in [0.3, 0.4) is 0 Å². The summed E-state index contributed by atoms with van der Waals surface area (Å²) in [5.74, 6) is -0.176. The number of aliphatic hydroxyl groups is 5. The van der Waals surface area contributed by atoms with Gasteiger partial charge in [0.15, 0.2) is 6.29 Å². The molecular formula is C78H151NO8. The lowest BCUT2D eigenvalue weighted by Crippen LogP contribution is -2.60. The summed E-state index contributed by atoms with van der Waals surface area (Å²) in [4.78, 5) is 13.2. The van der Waals surface area contributed by atoms with Gasteiger partial charge in [-0.2, -0.15) is 0 Å². The van der Waals surface area contributed by atoms with Crippen LogP contribution < -0.4 is 5.32 Å². The van der Waals surface area contributed by atoms with E-state index in [1.807, 2.05) is 6.08 Å². The Morgan fingerprint density at radius 1 is 0.379 bits per heavy atom. The number of aliphatic hydroxyl groups excluding tert-OH is 5. The number of carbonyl (C=O) groups is 1. The van der Waals surface area contributed by atoms with Gasteiger partial charge in [0.1, 0.15) is 24.4 Å². The first kappa shape index (κ1) is 83.7. The third kappa shape index (κ3) is 56.0. The number of rotatable bonds is 70. The summed E-state index contributed by atoms with van der Waals surface area (Å²) >= 11 is 0. The van der Waals surface area contributed by atoms with Crippen LogP contribution in [-0.2, 0) is 14.3 Å². The zero-order chi connectivity index (χ0) is 62.8. The fourth-order valence-corrected chi connectivity index (χ4v) is 12.9. The molecule has 9 heteroatoms. The fraction of sp³-hybridized carbons (Fsp3) is 0.936. The predicted octanol–water partition coefficient (Wildman–Crippen LogP) is 22.0. The van der Waals surface area contributed by atoms with Crippen LogP contribution >= 0.6 is 0 Å². The molecule has 7 unspecified atom stereocenters. The van der Waals surface area contributed by atoms with Gasteiger partial charge in [-0.05, 0) is 32.1 Å². The number of nitrogens with one attached hydrogen (secondary N) is 1. The lowest BCUT2D eigenvalue weighted by molar-refractivity contribution is -0.302. The quantitative estimate of drug-likeness (QED) is 0.0261. The molecule has 1 heterocycles. The Labute approximate surface area is 540 Å². The van der Waals surface area contributed by atoms with Crippen LogP contribution in [0.4, 0.5) is 0 Å². The molecule has 1 amide bonds. The molecule has 9 nitrogen and oxygen atoms in total.